The lowest BCUT2D eigenvalue weighted by Crippen LogP contribution is -2.16. The Bertz CT molecular complexity index is 389. The second-order valence-corrected chi connectivity index (χ2v) is 5.76. The molecule has 0 unspecified atom stereocenters. The summed E-state index contributed by atoms with van der Waals surface area (Å²) in [5.74, 6) is 1.53. The van der Waals surface area contributed by atoms with E-state index in [-0.39, 0.29) is 5.92 Å². The van der Waals surface area contributed by atoms with Gasteiger partial charge in [-0.3, -0.25) is 4.79 Å². The fourth-order valence-corrected chi connectivity index (χ4v) is 2.55. The van der Waals surface area contributed by atoms with Gasteiger partial charge in [-0.1, -0.05) is 52.2 Å². The van der Waals surface area contributed by atoms with Gasteiger partial charge in [0.15, 0.2) is 0 Å². The average molecular weight is 290 g/mol. The van der Waals surface area contributed by atoms with Crippen molar-refractivity contribution in [2.24, 2.45) is 5.92 Å². The van der Waals surface area contributed by atoms with Crippen LogP contribution in [-0.4, -0.2) is 12.4 Å². The summed E-state index contributed by atoms with van der Waals surface area (Å²) in [6, 6.07) is 8.00. The average Bonchev–Trinajstić information content (AvgIpc) is 2.49. The van der Waals surface area contributed by atoms with Crippen molar-refractivity contribution in [3.05, 3.63) is 29.8 Å². The summed E-state index contributed by atoms with van der Waals surface area (Å²) < 4.78 is 5.65. The van der Waals surface area contributed by atoms with Crippen LogP contribution in [-0.2, 0) is 11.2 Å². The number of carbonyl (C=O) groups excluding carboxylic acids is 1. The zero-order valence-electron chi connectivity index (χ0n) is 13.9. The van der Waals surface area contributed by atoms with Crippen molar-refractivity contribution in [3.8, 4) is 5.75 Å². The normalized spacial score (nSPS) is 10.9. The van der Waals surface area contributed by atoms with Gasteiger partial charge in [-0.05, 0) is 37.0 Å². The van der Waals surface area contributed by atoms with E-state index in [0.29, 0.717) is 12.2 Å². The monoisotopic (exact) mass is 290 g/mol. The Balaban J connectivity index is 2.51. The molecule has 0 N–H and O–H groups in total. The Labute approximate surface area is 129 Å². The number of hydrogen-bond donors (Lipinski definition) is 0. The third-order valence-corrected chi connectivity index (χ3v) is 3.80. The molecule has 0 aromatic heterocycles. The largest absolute Gasteiger partial charge is 0.494 e. The standard InChI is InChI=1S/C19H30O2/c1-4-7-14-21-18-12-10-16(11-13-18)15-19(20)17(8-5-2)9-6-3/h10-13,17H,4-9,14-15H2,1-3H3. The number of rotatable bonds is 11. The second kappa shape index (κ2) is 10.4. The van der Waals surface area contributed by atoms with Crippen LogP contribution in [0.2, 0.25) is 0 Å². The van der Waals surface area contributed by atoms with Crippen LogP contribution < -0.4 is 4.74 Å². The summed E-state index contributed by atoms with van der Waals surface area (Å²) in [6.45, 7) is 7.22. The number of hydrogen-bond acceptors (Lipinski definition) is 2. The van der Waals surface area contributed by atoms with E-state index in [1.165, 1.54) is 0 Å². The highest BCUT2D eigenvalue weighted by Crippen LogP contribution is 2.19. The quantitative estimate of drug-likeness (QED) is 0.524. The van der Waals surface area contributed by atoms with Gasteiger partial charge in [0, 0.05) is 12.3 Å². The van der Waals surface area contributed by atoms with Crippen LogP contribution in [0.1, 0.15) is 64.9 Å². The van der Waals surface area contributed by atoms with E-state index in [1.807, 2.05) is 24.3 Å². The summed E-state index contributed by atoms with van der Waals surface area (Å²) in [7, 11) is 0. The van der Waals surface area contributed by atoms with Crippen molar-refractivity contribution in [3.63, 3.8) is 0 Å². The van der Waals surface area contributed by atoms with Gasteiger partial charge in [0.2, 0.25) is 0 Å². The molecule has 0 saturated carbocycles. The molecule has 2 nitrogen and oxygen atoms in total. The van der Waals surface area contributed by atoms with E-state index < -0.39 is 0 Å². The van der Waals surface area contributed by atoms with Gasteiger partial charge in [0.05, 0.1) is 6.61 Å². The Kier molecular flexibility index (Phi) is 8.80. The molecular weight excluding hydrogens is 260 g/mol. The van der Waals surface area contributed by atoms with Crippen molar-refractivity contribution in [1.29, 1.82) is 0 Å². The number of benzene rings is 1. The number of ether oxygens (including phenoxy) is 1. The van der Waals surface area contributed by atoms with Crippen molar-refractivity contribution in [1.82, 2.24) is 0 Å². The molecule has 0 atom stereocenters. The lowest BCUT2D eigenvalue weighted by atomic mass is 9.90. The predicted molar refractivity (Wildman–Crippen MR) is 88.9 cm³/mol. The third kappa shape index (κ3) is 6.79. The van der Waals surface area contributed by atoms with Crippen LogP contribution in [0, 0.1) is 5.92 Å². The second-order valence-electron chi connectivity index (χ2n) is 5.76. The Morgan fingerprint density at radius 1 is 1.00 bits per heavy atom. The molecule has 0 radical (unpaired) electrons. The minimum Gasteiger partial charge on any atom is -0.494 e. The molecule has 118 valence electrons. The third-order valence-electron chi connectivity index (χ3n) is 3.80. The van der Waals surface area contributed by atoms with Crippen LogP contribution in [0.4, 0.5) is 0 Å². The molecule has 0 amide bonds. The Morgan fingerprint density at radius 3 is 2.14 bits per heavy atom. The highest BCUT2D eigenvalue weighted by molar-refractivity contribution is 5.83. The molecule has 21 heavy (non-hydrogen) atoms. The number of Topliss-reactive ketones (excluding diaryl/α,β-unsaturated/α-hetero) is 1. The highest BCUT2D eigenvalue weighted by atomic mass is 16.5. The molecular formula is C19H30O2. The minimum absolute atomic E-state index is 0.237. The van der Waals surface area contributed by atoms with Crippen molar-refractivity contribution >= 4 is 5.78 Å². The van der Waals surface area contributed by atoms with E-state index in [2.05, 4.69) is 20.8 Å². The van der Waals surface area contributed by atoms with Crippen LogP contribution in [0.3, 0.4) is 0 Å². The topological polar surface area (TPSA) is 26.3 Å². The zero-order chi connectivity index (χ0) is 15.5. The van der Waals surface area contributed by atoms with Gasteiger partial charge in [-0.15, -0.1) is 0 Å². The van der Waals surface area contributed by atoms with Gasteiger partial charge in [-0.2, -0.15) is 0 Å². The van der Waals surface area contributed by atoms with Gasteiger partial charge in [0.1, 0.15) is 11.5 Å². The smallest absolute Gasteiger partial charge is 0.140 e. The molecule has 1 aromatic rings. The number of ketones is 1. The molecule has 0 aliphatic rings. The Hall–Kier alpha value is -1.31. The first kappa shape index (κ1) is 17.7. The lowest BCUT2D eigenvalue weighted by molar-refractivity contribution is -0.122. The first-order chi connectivity index (χ1) is 10.2. The first-order valence-electron chi connectivity index (χ1n) is 8.45. The van der Waals surface area contributed by atoms with Gasteiger partial charge in [0.25, 0.3) is 0 Å². The fraction of sp³-hybridized carbons (Fsp3) is 0.632. The predicted octanol–water partition coefficient (Wildman–Crippen LogP) is 5.19. The maximum Gasteiger partial charge on any atom is 0.140 e. The maximum absolute atomic E-state index is 12.4. The van der Waals surface area contributed by atoms with Crippen LogP contribution in [0.25, 0.3) is 0 Å². The molecule has 0 saturated heterocycles. The maximum atomic E-state index is 12.4. The van der Waals surface area contributed by atoms with Gasteiger partial charge < -0.3 is 4.74 Å². The van der Waals surface area contributed by atoms with E-state index in [4.69, 9.17) is 4.74 Å². The van der Waals surface area contributed by atoms with Gasteiger partial charge in [-0.25, -0.2) is 0 Å². The SMILES string of the molecule is CCCCOc1ccc(CC(=O)C(CCC)CCC)cc1. The van der Waals surface area contributed by atoms with E-state index in [0.717, 1.165) is 56.4 Å². The minimum atomic E-state index is 0.237. The molecule has 0 heterocycles. The van der Waals surface area contributed by atoms with E-state index in [1.54, 1.807) is 0 Å². The first-order valence-corrected chi connectivity index (χ1v) is 8.45. The van der Waals surface area contributed by atoms with Crippen LogP contribution in [0.15, 0.2) is 24.3 Å². The molecule has 0 bridgehead atoms. The number of carbonyl (C=O) groups is 1. The Morgan fingerprint density at radius 2 is 1.62 bits per heavy atom. The van der Waals surface area contributed by atoms with E-state index in [9.17, 15) is 4.79 Å². The van der Waals surface area contributed by atoms with Crippen molar-refractivity contribution in [2.75, 3.05) is 6.61 Å². The highest BCUT2D eigenvalue weighted by Gasteiger charge is 2.16. The molecule has 1 aromatic carbocycles. The summed E-state index contributed by atoms with van der Waals surface area (Å²) >= 11 is 0. The van der Waals surface area contributed by atoms with Crippen LogP contribution >= 0.6 is 0 Å². The number of unbranched alkanes of at least 4 members (excludes halogenated alkanes) is 1. The van der Waals surface area contributed by atoms with Gasteiger partial charge >= 0.3 is 0 Å². The summed E-state index contributed by atoms with van der Waals surface area (Å²) in [4.78, 5) is 12.4. The summed E-state index contributed by atoms with van der Waals surface area (Å²) in [5, 5.41) is 0. The molecule has 1 rings (SSSR count). The summed E-state index contributed by atoms with van der Waals surface area (Å²) in [5.41, 5.74) is 1.10. The zero-order valence-corrected chi connectivity index (χ0v) is 13.9. The van der Waals surface area contributed by atoms with E-state index >= 15 is 0 Å². The molecule has 2 heteroatoms. The molecule has 0 fully saturated rings. The lowest BCUT2D eigenvalue weighted by Gasteiger charge is -2.14. The van der Waals surface area contributed by atoms with Crippen LogP contribution in [0.5, 0.6) is 5.75 Å². The fourth-order valence-electron chi connectivity index (χ4n) is 2.55. The molecule has 0 spiro atoms. The van der Waals surface area contributed by atoms with Crippen molar-refractivity contribution < 1.29 is 9.53 Å². The van der Waals surface area contributed by atoms with Crippen molar-refractivity contribution in [2.45, 2.75) is 65.7 Å². The summed E-state index contributed by atoms with van der Waals surface area (Å²) in [6.07, 6.45) is 6.98. The molecule has 0 aliphatic heterocycles. The molecule has 0 aliphatic carbocycles.